The maximum absolute atomic E-state index is 11.3. The highest BCUT2D eigenvalue weighted by Crippen LogP contribution is 2.35. The molecule has 1 saturated carbocycles. The first-order chi connectivity index (χ1) is 10.1. The highest BCUT2D eigenvalue weighted by atomic mass is 16.6. The Morgan fingerprint density at radius 1 is 1.29 bits per heavy atom. The molecule has 21 heavy (non-hydrogen) atoms. The molecule has 1 aliphatic heterocycles. The van der Waals surface area contributed by atoms with Crippen LogP contribution in [0.25, 0.3) is 0 Å². The molecule has 1 aromatic rings. The maximum Gasteiger partial charge on any atom is 0.312 e. The minimum absolute atomic E-state index is 0.0760. The number of anilines is 1. The van der Waals surface area contributed by atoms with Crippen LogP contribution in [0.1, 0.15) is 12.8 Å². The Labute approximate surface area is 124 Å². The van der Waals surface area contributed by atoms with E-state index in [0.717, 1.165) is 31.9 Å². The van der Waals surface area contributed by atoms with Gasteiger partial charge in [-0.1, -0.05) is 0 Å². The van der Waals surface area contributed by atoms with Crippen LogP contribution in [0.3, 0.4) is 0 Å². The highest BCUT2D eigenvalue weighted by molar-refractivity contribution is 5.60. The van der Waals surface area contributed by atoms with Gasteiger partial charge in [-0.05, 0) is 37.9 Å². The summed E-state index contributed by atoms with van der Waals surface area (Å²) in [6.45, 7) is 4.35. The third kappa shape index (κ3) is 3.44. The fourth-order valence-electron chi connectivity index (χ4n) is 2.52. The lowest BCUT2D eigenvalue weighted by molar-refractivity contribution is -0.385. The van der Waals surface area contributed by atoms with Crippen molar-refractivity contribution in [2.45, 2.75) is 12.8 Å². The number of rotatable bonds is 5. The number of ether oxygens (including phenoxy) is 1. The third-order valence-corrected chi connectivity index (χ3v) is 4.18. The van der Waals surface area contributed by atoms with Gasteiger partial charge in [0.2, 0.25) is 0 Å². The topological polar surface area (TPSA) is 58.8 Å². The molecule has 2 fully saturated rings. The number of nitro groups is 1. The normalized spacial score (nSPS) is 19.6. The van der Waals surface area contributed by atoms with Gasteiger partial charge >= 0.3 is 5.69 Å². The lowest BCUT2D eigenvalue weighted by Crippen LogP contribution is -2.44. The van der Waals surface area contributed by atoms with Crippen LogP contribution in [0.2, 0.25) is 0 Å². The highest BCUT2D eigenvalue weighted by Gasteiger charge is 2.25. The molecule has 1 aromatic carbocycles. The fraction of sp³-hybridized carbons (Fsp3) is 0.600. The van der Waals surface area contributed by atoms with Crippen LogP contribution in [-0.4, -0.2) is 49.7 Å². The van der Waals surface area contributed by atoms with Gasteiger partial charge in [-0.25, -0.2) is 0 Å². The van der Waals surface area contributed by atoms with Gasteiger partial charge in [-0.3, -0.25) is 10.1 Å². The molecule has 3 rings (SSSR count). The minimum Gasteiger partial charge on any atom is -0.487 e. The summed E-state index contributed by atoms with van der Waals surface area (Å²) in [5, 5.41) is 11.3. The number of nitrogens with zero attached hydrogens (tertiary/aromatic N) is 3. The summed E-state index contributed by atoms with van der Waals surface area (Å²) in [6, 6.07) is 5.32. The SMILES string of the molecule is CN1CCN(c2ccc(OCC3CC3)c([N+](=O)[O-])c2)CC1. The average Bonchev–Trinajstić information content (AvgIpc) is 3.30. The Kier molecular flexibility index (Phi) is 3.96. The summed E-state index contributed by atoms with van der Waals surface area (Å²) >= 11 is 0. The second-order valence-corrected chi connectivity index (χ2v) is 5.95. The van der Waals surface area contributed by atoms with E-state index in [0.29, 0.717) is 18.3 Å². The van der Waals surface area contributed by atoms with E-state index in [4.69, 9.17) is 4.74 Å². The van der Waals surface area contributed by atoms with Crippen LogP contribution >= 0.6 is 0 Å². The smallest absolute Gasteiger partial charge is 0.312 e. The molecule has 0 N–H and O–H groups in total. The van der Waals surface area contributed by atoms with Gasteiger partial charge in [-0.2, -0.15) is 0 Å². The Balaban J connectivity index is 1.75. The zero-order chi connectivity index (χ0) is 14.8. The first kappa shape index (κ1) is 14.1. The van der Waals surface area contributed by atoms with Crippen LogP contribution in [0.15, 0.2) is 18.2 Å². The van der Waals surface area contributed by atoms with Gasteiger partial charge in [-0.15, -0.1) is 0 Å². The van der Waals surface area contributed by atoms with Crippen LogP contribution < -0.4 is 9.64 Å². The van der Waals surface area contributed by atoms with Crippen LogP contribution in [-0.2, 0) is 0 Å². The van der Waals surface area contributed by atoms with Crippen LogP contribution in [0.4, 0.5) is 11.4 Å². The second kappa shape index (κ2) is 5.89. The molecule has 0 unspecified atom stereocenters. The maximum atomic E-state index is 11.3. The molecule has 6 nitrogen and oxygen atoms in total. The Morgan fingerprint density at radius 2 is 2.00 bits per heavy atom. The third-order valence-electron chi connectivity index (χ3n) is 4.18. The van der Waals surface area contributed by atoms with E-state index in [1.807, 2.05) is 6.07 Å². The summed E-state index contributed by atoms with van der Waals surface area (Å²) in [6.07, 6.45) is 2.35. The van der Waals surface area contributed by atoms with E-state index < -0.39 is 0 Å². The predicted molar refractivity (Wildman–Crippen MR) is 81.0 cm³/mol. The lowest BCUT2D eigenvalue weighted by atomic mass is 10.2. The Morgan fingerprint density at radius 3 is 2.62 bits per heavy atom. The number of piperazine rings is 1. The van der Waals surface area contributed by atoms with E-state index in [9.17, 15) is 10.1 Å². The fourth-order valence-corrected chi connectivity index (χ4v) is 2.52. The first-order valence-corrected chi connectivity index (χ1v) is 7.48. The van der Waals surface area contributed by atoms with Crippen molar-refractivity contribution in [2.24, 2.45) is 5.92 Å². The largest absolute Gasteiger partial charge is 0.487 e. The molecule has 0 radical (unpaired) electrons. The molecule has 0 spiro atoms. The van der Waals surface area contributed by atoms with E-state index >= 15 is 0 Å². The zero-order valence-electron chi connectivity index (χ0n) is 12.3. The number of nitro benzene ring substituents is 1. The Bertz CT molecular complexity index is 523. The molecule has 1 aliphatic carbocycles. The molecule has 114 valence electrons. The molecule has 0 bridgehead atoms. The molecule has 1 heterocycles. The van der Waals surface area contributed by atoms with E-state index in [1.54, 1.807) is 12.1 Å². The lowest BCUT2D eigenvalue weighted by Gasteiger charge is -2.34. The standard InChI is InChI=1S/C15H21N3O3/c1-16-6-8-17(9-7-16)13-4-5-15(14(10-13)18(19)20)21-11-12-2-3-12/h4-5,10,12H,2-3,6-9,11H2,1H3. The van der Waals surface area contributed by atoms with Crippen molar-refractivity contribution in [3.8, 4) is 5.75 Å². The summed E-state index contributed by atoms with van der Waals surface area (Å²) in [5.41, 5.74) is 0.987. The molecule has 0 amide bonds. The minimum atomic E-state index is -0.345. The summed E-state index contributed by atoms with van der Waals surface area (Å²) in [7, 11) is 2.09. The van der Waals surface area contributed by atoms with Crippen molar-refractivity contribution in [1.29, 1.82) is 0 Å². The van der Waals surface area contributed by atoms with Gasteiger partial charge in [0.25, 0.3) is 0 Å². The number of hydrogen-bond acceptors (Lipinski definition) is 5. The zero-order valence-corrected chi connectivity index (χ0v) is 12.3. The number of hydrogen-bond donors (Lipinski definition) is 0. The number of benzene rings is 1. The van der Waals surface area contributed by atoms with Crippen molar-refractivity contribution in [3.05, 3.63) is 28.3 Å². The molecule has 0 atom stereocenters. The van der Waals surface area contributed by atoms with Crippen molar-refractivity contribution in [2.75, 3.05) is 44.7 Å². The van der Waals surface area contributed by atoms with Gasteiger partial charge in [0, 0.05) is 37.9 Å². The van der Waals surface area contributed by atoms with Crippen molar-refractivity contribution in [3.63, 3.8) is 0 Å². The predicted octanol–water partition coefficient (Wildman–Crippen LogP) is 2.14. The monoisotopic (exact) mass is 291 g/mol. The van der Waals surface area contributed by atoms with Crippen molar-refractivity contribution in [1.82, 2.24) is 4.90 Å². The molecular formula is C15H21N3O3. The van der Waals surface area contributed by atoms with Gasteiger partial charge < -0.3 is 14.5 Å². The summed E-state index contributed by atoms with van der Waals surface area (Å²) in [4.78, 5) is 15.4. The van der Waals surface area contributed by atoms with Gasteiger partial charge in [0.05, 0.1) is 11.5 Å². The quantitative estimate of drug-likeness (QED) is 0.614. The van der Waals surface area contributed by atoms with E-state index in [1.165, 1.54) is 12.8 Å². The van der Waals surface area contributed by atoms with Gasteiger partial charge in [0.1, 0.15) is 0 Å². The van der Waals surface area contributed by atoms with Gasteiger partial charge in [0.15, 0.2) is 5.75 Å². The van der Waals surface area contributed by atoms with E-state index in [-0.39, 0.29) is 10.6 Å². The van der Waals surface area contributed by atoms with Crippen LogP contribution in [0.5, 0.6) is 5.75 Å². The molecular weight excluding hydrogens is 270 g/mol. The molecule has 6 heteroatoms. The molecule has 2 aliphatic rings. The molecule has 1 saturated heterocycles. The summed E-state index contributed by atoms with van der Waals surface area (Å²) in [5.74, 6) is 0.978. The second-order valence-electron chi connectivity index (χ2n) is 5.95. The van der Waals surface area contributed by atoms with E-state index in [2.05, 4.69) is 16.8 Å². The Hall–Kier alpha value is -1.82. The van der Waals surface area contributed by atoms with Crippen LogP contribution in [0, 0.1) is 16.0 Å². The first-order valence-electron chi connectivity index (χ1n) is 7.48. The molecule has 0 aromatic heterocycles. The summed E-state index contributed by atoms with van der Waals surface area (Å²) < 4.78 is 5.61. The average molecular weight is 291 g/mol. The number of likely N-dealkylation sites (N-methyl/N-ethyl adjacent to an activating group) is 1. The van der Waals surface area contributed by atoms with Crippen molar-refractivity contribution < 1.29 is 9.66 Å². The van der Waals surface area contributed by atoms with Crippen molar-refractivity contribution >= 4 is 11.4 Å².